The maximum atomic E-state index is 13.7. The fourth-order valence-corrected chi connectivity index (χ4v) is 6.37. The molecule has 2 aliphatic rings. The number of ketones is 2. The number of esters is 2. The lowest BCUT2D eigenvalue weighted by atomic mass is 9.97. The van der Waals surface area contributed by atoms with Gasteiger partial charge in [0.05, 0.1) is 34.1 Å². The molecule has 0 N–H and O–H groups in total. The van der Waals surface area contributed by atoms with Gasteiger partial charge in [-0.05, 0) is 62.1 Å². The highest BCUT2D eigenvalue weighted by Gasteiger charge is 2.30. The summed E-state index contributed by atoms with van der Waals surface area (Å²) in [7, 11) is 0. The molecule has 0 amide bonds. The summed E-state index contributed by atoms with van der Waals surface area (Å²) >= 11 is 0. The summed E-state index contributed by atoms with van der Waals surface area (Å²) in [5.74, 6) is -4.64. The van der Waals surface area contributed by atoms with Gasteiger partial charge in [-0.25, -0.2) is 19.4 Å². The number of carbonyl (C=O) groups excluding carboxylic acids is 6. The average molecular weight is 675 g/mol. The van der Waals surface area contributed by atoms with Crippen LogP contribution < -0.4 is 9.47 Å². The van der Waals surface area contributed by atoms with Crippen molar-refractivity contribution in [2.75, 3.05) is 0 Å². The first kappa shape index (κ1) is 34.0. The van der Waals surface area contributed by atoms with Crippen molar-refractivity contribution in [2.24, 2.45) is 11.8 Å². The third-order valence-corrected chi connectivity index (χ3v) is 9.04. The van der Waals surface area contributed by atoms with E-state index in [2.05, 4.69) is 0 Å². The average Bonchev–Trinajstić information content (AvgIpc) is 3.90. The Morgan fingerprint density at radius 2 is 0.700 bits per heavy atom. The largest absolute Gasteiger partial charge is 0.426 e. The molecule has 10 nitrogen and oxygen atoms in total. The van der Waals surface area contributed by atoms with Gasteiger partial charge in [0.2, 0.25) is 0 Å². The first-order chi connectivity index (χ1) is 24.3. The fraction of sp³-hybridized carbons (Fsp3) is 0.250. The second-order valence-corrected chi connectivity index (χ2v) is 12.3. The molecule has 0 atom stereocenters. The van der Waals surface area contributed by atoms with Gasteiger partial charge in [0.1, 0.15) is 11.5 Å². The summed E-state index contributed by atoms with van der Waals surface area (Å²) < 4.78 is 11.2. The van der Waals surface area contributed by atoms with Crippen molar-refractivity contribution in [3.8, 4) is 11.5 Å². The predicted molar refractivity (Wildman–Crippen MR) is 179 cm³/mol. The minimum absolute atomic E-state index is 0.0673. The van der Waals surface area contributed by atoms with Crippen molar-refractivity contribution < 1.29 is 48.0 Å². The van der Waals surface area contributed by atoms with E-state index in [1.54, 1.807) is 36.4 Å². The third-order valence-electron chi connectivity index (χ3n) is 9.04. The smallest absolute Gasteiger partial charge is 0.387 e. The molecule has 50 heavy (non-hydrogen) atoms. The Balaban J connectivity index is 1.17. The highest BCUT2D eigenvalue weighted by molar-refractivity contribution is 6.17. The number of hydrogen-bond donors (Lipinski definition) is 0. The van der Waals surface area contributed by atoms with Gasteiger partial charge >= 0.3 is 23.9 Å². The lowest BCUT2D eigenvalue weighted by Gasteiger charge is -2.14. The van der Waals surface area contributed by atoms with Crippen LogP contribution in [0.1, 0.15) is 104 Å². The number of ether oxygens (including phenoxy) is 2. The summed E-state index contributed by atoms with van der Waals surface area (Å²) in [6.07, 6.45) is 6.66. The molecule has 0 bridgehead atoms. The van der Waals surface area contributed by atoms with E-state index >= 15 is 0 Å². The molecule has 4 aromatic rings. The van der Waals surface area contributed by atoms with Crippen molar-refractivity contribution in [1.82, 2.24) is 0 Å². The van der Waals surface area contributed by atoms with E-state index in [-0.39, 0.29) is 56.7 Å². The van der Waals surface area contributed by atoms with E-state index in [1.807, 2.05) is 0 Å². The third kappa shape index (κ3) is 7.54. The molecule has 10 heteroatoms. The molecule has 2 aliphatic carbocycles. The van der Waals surface area contributed by atoms with Gasteiger partial charge in [-0.15, -0.1) is 0 Å². The summed E-state index contributed by atoms with van der Waals surface area (Å²) in [5.41, 5.74) is -0.417. The highest BCUT2D eigenvalue weighted by Crippen LogP contribution is 2.31. The van der Waals surface area contributed by atoms with Gasteiger partial charge in [0, 0.05) is 11.1 Å². The molecule has 254 valence electrons. The van der Waals surface area contributed by atoms with E-state index in [1.165, 1.54) is 60.7 Å². The fourth-order valence-electron chi connectivity index (χ4n) is 6.37. The van der Waals surface area contributed by atoms with Crippen LogP contribution in [0.4, 0.5) is 0 Å². The normalized spacial score (nSPS) is 14.5. The summed E-state index contributed by atoms with van der Waals surface area (Å²) in [4.78, 5) is 89.1. The highest BCUT2D eigenvalue weighted by atomic mass is 17.2. The number of carbonyl (C=O) groups is 6. The van der Waals surface area contributed by atoms with E-state index in [4.69, 9.17) is 19.2 Å². The molecule has 2 fully saturated rings. The van der Waals surface area contributed by atoms with Gasteiger partial charge in [0.25, 0.3) is 0 Å². The summed E-state index contributed by atoms with van der Waals surface area (Å²) in [6.45, 7) is 0. The van der Waals surface area contributed by atoms with Crippen LogP contribution in [0.5, 0.6) is 11.5 Å². The Labute approximate surface area is 288 Å². The van der Waals surface area contributed by atoms with Crippen LogP contribution in [0.3, 0.4) is 0 Å². The zero-order valence-corrected chi connectivity index (χ0v) is 27.1. The molecule has 0 radical (unpaired) electrons. The molecule has 0 saturated heterocycles. The van der Waals surface area contributed by atoms with Crippen LogP contribution in [0.2, 0.25) is 0 Å². The standard InChI is InChI=1S/C40H34O10/c41-35(31-21-9-11-23-33(31)47-37(43)25-13-1-2-14-25)27-17-5-7-19-29(27)39(45)49-50-40(46)30-20-8-6-18-28(30)36(42)32-22-10-12-24-34(32)48-38(44)26-15-3-4-16-26/h5-12,17-26H,1-4,13-16H2. The number of hydrogen-bond acceptors (Lipinski definition) is 10. The number of para-hydroxylation sites is 2. The van der Waals surface area contributed by atoms with Crippen molar-refractivity contribution in [1.29, 1.82) is 0 Å². The van der Waals surface area contributed by atoms with E-state index in [0.29, 0.717) is 0 Å². The lowest BCUT2D eigenvalue weighted by Crippen LogP contribution is -2.20. The van der Waals surface area contributed by atoms with Gasteiger partial charge in [-0.3, -0.25) is 19.2 Å². The van der Waals surface area contributed by atoms with Crippen molar-refractivity contribution in [2.45, 2.75) is 51.4 Å². The Bertz CT molecular complexity index is 1810. The molecule has 2 saturated carbocycles. The van der Waals surface area contributed by atoms with Gasteiger partial charge in [-0.2, -0.15) is 0 Å². The number of benzene rings is 4. The van der Waals surface area contributed by atoms with Crippen LogP contribution in [0, 0.1) is 11.8 Å². The van der Waals surface area contributed by atoms with Crippen molar-refractivity contribution in [3.63, 3.8) is 0 Å². The zero-order chi connectivity index (χ0) is 35.0. The number of rotatable bonds is 10. The van der Waals surface area contributed by atoms with Crippen LogP contribution in [0.15, 0.2) is 97.1 Å². The molecule has 0 aliphatic heterocycles. The Kier molecular flexibility index (Phi) is 10.6. The minimum atomic E-state index is -1.14. The molecule has 0 aromatic heterocycles. The van der Waals surface area contributed by atoms with Crippen LogP contribution in [-0.4, -0.2) is 35.4 Å². The maximum absolute atomic E-state index is 13.7. The quantitative estimate of drug-likeness (QED) is 0.0555. The van der Waals surface area contributed by atoms with Crippen LogP contribution >= 0.6 is 0 Å². The second-order valence-electron chi connectivity index (χ2n) is 12.3. The van der Waals surface area contributed by atoms with E-state index in [0.717, 1.165) is 51.4 Å². The maximum Gasteiger partial charge on any atom is 0.387 e. The molecule has 0 heterocycles. The van der Waals surface area contributed by atoms with Crippen LogP contribution in [0.25, 0.3) is 0 Å². The van der Waals surface area contributed by atoms with Gasteiger partial charge < -0.3 is 9.47 Å². The summed E-state index contributed by atoms with van der Waals surface area (Å²) in [5, 5.41) is 0. The van der Waals surface area contributed by atoms with Gasteiger partial charge in [0.15, 0.2) is 11.6 Å². The van der Waals surface area contributed by atoms with Gasteiger partial charge in [-0.1, -0.05) is 86.3 Å². The summed E-state index contributed by atoms with van der Waals surface area (Å²) in [6, 6.07) is 24.1. The topological polar surface area (TPSA) is 139 Å². The van der Waals surface area contributed by atoms with E-state index < -0.39 is 35.4 Å². The minimum Gasteiger partial charge on any atom is -0.426 e. The SMILES string of the molecule is O=C(OOC(=O)c1ccccc1C(=O)c1ccccc1OC(=O)C1CCCC1)c1ccccc1C(=O)c1ccccc1OC(=O)C1CCCC1. The van der Waals surface area contributed by atoms with Crippen molar-refractivity contribution >= 4 is 35.4 Å². The molecular weight excluding hydrogens is 640 g/mol. The Morgan fingerprint density at radius 1 is 0.400 bits per heavy atom. The van der Waals surface area contributed by atoms with Crippen LogP contribution in [-0.2, 0) is 19.4 Å². The molecule has 0 spiro atoms. The second kappa shape index (κ2) is 15.5. The lowest BCUT2D eigenvalue weighted by molar-refractivity contribution is -0.187. The first-order valence-electron chi connectivity index (χ1n) is 16.6. The van der Waals surface area contributed by atoms with Crippen molar-refractivity contribution in [3.05, 3.63) is 130 Å². The molecule has 0 unspecified atom stereocenters. The Morgan fingerprint density at radius 3 is 1.06 bits per heavy atom. The molecular formula is C40H34O10. The first-order valence-corrected chi connectivity index (χ1v) is 16.6. The monoisotopic (exact) mass is 674 g/mol. The van der Waals surface area contributed by atoms with E-state index in [9.17, 15) is 28.8 Å². The molecule has 4 aromatic carbocycles. The Hall–Kier alpha value is -5.90. The predicted octanol–water partition coefficient (Wildman–Crippen LogP) is 7.27. The zero-order valence-electron chi connectivity index (χ0n) is 27.1. The molecule has 6 rings (SSSR count).